The molecule has 0 fully saturated rings. The number of carbonyl (C=O) groups excluding carboxylic acids is 1. The molecule has 1 rings (SSSR count). The number of hydrogen-bond donors (Lipinski definition) is 2. The molecule has 21 heavy (non-hydrogen) atoms. The molecule has 0 unspecified atom stereocenters. The Morgan fingerprint density at radius 2 is 1.95 bits per heavy atom. The van der Waals surface area contributed by atoms with E-state index in [9.17, 15) is 9.59 Å². The Morgan fingerprint density at radius 1 is 1.33 bits per heavy atom. The Bertz CT molecular complexity index is 532. The van der Waals surface area contributed by atoms with E-state index in [1.54, 1.807) is 29.2 Å². The monoisotopic (exact) mass is 289 g/mol. The average Bonchev–Trinajstić information content (AvgIpc) is 2.43. The topological polar surface area (TPSA) is 93.4 Å². The van der Waals surface area contributed by atoms with E-state index in [0.717, 1.165) is 0 Å². The summed E-state index contributed by atoms with van der Waals surface area (Å²) in [5, 5.41) is 20.1. The summed E-state index contributed by atoms with van der Waals surface area (Å²) in [5.41, 5.74) is 1.12. The summed E-state index contributed by atoms with van der Waals surface area (Å²) in [6.07, 6.45) is 0.446. The third kappa shape index (κ3) is 5.53. The number of aliphatic carboxylic acids is 1. The molecule has 0 aliphatic rings. The van der Waals surface area contributed by atoms with Gasteiger partial charge < -0.3 is 15.3 Å². The lowest BCUT2D eigenvalue weighted by atomic mass is 10.2. The highest BCUT2D eigenvalue weighted by Gasteiger charge is 2.17. The normalized spacial score (nSPS) is 10.0. The van der Waals surface area contributed by atoms with Crippen molar-refractivity contribution < 1.29 is 14.7 Å². The molecule has 1 aromatic carbocycles. The molecule has 0 radical (unpaired) electrons. The van der Waals surface area contributed by atoms with Crippen LogP contribution in [0.3, 0.4) is 0 Å². The minimum absolute atomic E-state index is 0.0304. The van der Waals surface area contributed by atoms with Gasteiger partial charge in [-0.3, -0.25) is 4.79 Å². The van der Waals surface area contributed by atoms with Crippen molar-refractivity contribution in [2.24, 2.45) is 0 Å². The smallest absolute Gasteiger partial charge is 0.322 e. The second-order valence-electron chi connectivity index (χ2n) is 4.90. The maximum Gasteiger partial charge on any atom is 0.322 e. The number of nitriles is 1. The van der Waals surface area contributed by atoms with Crippen molar-refractivity contribution >= 4 is 17.7 Å². The number of amides is 2. The van der Waals surface area contributed by atoms with Crippen LogP contribution in [-0.2, 0) is 4.79 Å². The van der Waals surface area contributed by atoms with Gasteiger partial charge in [0.1, 0.15) is 0 Å². The van der Waals surface area contributed by atoms with Crippen LogP contribution in [0.15, 0.2) is 24.3 Å². The molecular weight excluding hydrogens is 270 g/mol. The van der Waals surface area contributed by atoms with Gasteiger partial charge in [0.2, 0.25) is 0 Å². The number of benzene rings is 1. The molecule has 6 nitrogen and oxygen atoms in total. The van der Waals surface area contributed by atoms with Crippen LogP contribution >= 0.6 is 0 Å². The van der Waals surface area contributed by atoms with Crippen LogP contribution in [0.1, 0.15) is 32.3 Å². The molecule has 2 amide bonds. The van der Waals surface area contributed by atoms with Gasteiger partial charge in [0.15, 0.2) is 0 Å². The SMILES string of the molecule is CC(C)N(CCCC(=O)O)C(=O)Nc1ccc(C#N)cc1. The fraction of sp³-hybridized carbons (Fsp3) is 0.400. The first-order valence-electron chi connectivity index (χ1n) is 6.73. The number of nitrogens with one attached hydrogen (secondary N) is 1. The van der Waals surface area contributed by atoms with Gasteiger partial charge in [-0.25, -0.2) is 4.79 Å². The molecule has 0 aliphatic carbocycles. The molecule has 112 valence electrons. The molecule has 0 heterocycles. The molecule has 1 aromatic rings. The predicted molar refractivity (Wildman–Crippen MR) is 78.9 cm³/mol. The number of carboxylic acid groups (broad SMARTS) is 1. The molecule has 0 saturated heterocycles. The number of urea groups is 1. The van der Waals surface area contributed by atoms with E-state index in [2.05, 4.69) is 5.32 Å². The molecule has 2 N–H and O–H groups in total. The first-order chi connectivity index (χ1) is 9.93. The minimum atomic E-state index is -0.869. The van der Waals surface area contributed by atoms with E-state index >= 15 is 0 Å². The highest BCUT2D eigenvalue weighted by molar-refractivity contribution is 5.89. The summed E-state index contributed by atoms with van der Waals surface area (Å²) in [6.45, 7) is 4.13. The molecule has 0 atom stereocenters. The summed E-state index contributed by atoms with van der Waals surface area (Å²) in [5.74, 6) is -0.869. The van der Waals surface area contributed by atoms with E-state index < -0.39 is 5.97 Å². The number of carboxylic acids is 1. The number of anilines is 1. The van der Waals surface area contributed by atoms with E-state index in [0.29, 0.717) is 24.2 Å². The van der Waals surface area contributed by atoms with E-state index in [4.69, 9.17) is 10.4 Å². The van der Waals surface area contributed by atoms with Gasteiger partial charge in [0.05, 0.1) is 11.6 Å². The van der Waals surface area contributed by atoms with Crippen LogP contribution in [0, 0.1) is 11.3 Å². The predicted octanol–water partition coefficient (Wildman–Crippen LogP) is 2.67. The summed E-state index contributed by atoms with van der Waals surface area (Å²) in [6, 6.07) is 8.27. The molecule has 0 aromatic heterocycles. The fourth-order valence-electron chi connectivity index (χ4n) is 1.82. The maximum atomic E-state index is 12.2. The number of rotatable bonds is 6. The number of nitrogens with zero attached hydrogens (tertiary/aromatic N) is 2. The van der Waals surface area contributed by atoms with Crippen molar-refractivity contribution in [3.05, 3.63) is 29.8 Å². The Morgan fingerprint density at radius 3 is 2.43 bits per heavy atom. The Kier molecular flexibility index (Phi) is 6.21. The third-order valence-corrected chi connectivity index (χ3v) is 2.94. The van der Waals surface area contributed by atoms with Crippen molar-refractivity contribution in [2.45, 2.75) is 32.7 Å². The van der Waals surface area contributed by atoms with Crippen LogP contribution in [-0.4, -0.2) is 34.6 Å². The quantitative estimate of drug-likeness (QED) is 0.841. The molecule has 0 bridgehead atoms. The van der Waals surface area contributed by atoms with Gasteiger partial charge in [0.25, 0.3) is 0 Å². The Balaban J connectivity index is 2.63. The van der Waals surface area contributed by atoms with Gasteiger partial charge >= 0.3 is 12.0 Å². The highest BCUT2D eigenvalue weighted by Crippen LogP contribution is 2.11. The summed E-state index contributed by atoms with van der Waals surface area (Å²) in [7, 11) is 0. The summed E-state index contributed by atoms with van der Waals surface area (Å²) in [4.78, 5) is 24.3. The van der Waals surface area contributed by atoms with Crippen molar-refractivity contribution in [1.82, 2.24) is 4.90 Å². The van der Waals surface area contributed by atoms with Gasteiger partial charge in [-0.2, -0.15) is 5.26 Å². The first-order valence-corrected chi connectivity index (χ1v) is 6.73. The van der Waals surface area contributed by atoms with Crippen LogP contribution < -0.4 is 5.32 Å². The maximum absolute atomic E-state index is 12.2. The standard InChI is InChI=1S/C15H19N3O3/c1-11(2)18(9-3-4-14(19)20)15(21)17-13-7-5-12(10-16)6-8-13/h5-8,11H,3-4,9H2,1-2H3,(H,17,21)(H,19,20). The van der Waals surface area contributed by atoms with E-state index in [-0.39, 0.29) is 18.5 Å². The lowest BCUT2D eigenvalue weighted by Gasteiger charge is -2.26. The Labute approximate surface area is 124 Å². The van der Waals surface area contributed by atoms with Crippen molar-refractivity contribution in [1.29, 1.82) is 5.26 Å². The number of carbonyl (C=O) groups is 2. The van der Waals surface area contributed by atoms with Gasteiger partial charge in [-0.05, 0) is 44.5 Å². The van der Waals surface area contributed by atoms with Gasteiger partial charge in [-0.15, -0.1) is 0 Å². The molecular formula is C15H19N3O3. The second-order valence-corrected chi connectivity index (χ2v) is 4.90. The van der Waals surface area contributed by atoms with E-state index in [1.807, 2.05) is 19.9 Å². The third-order valence-electron chi connectivity index (χ3n) is 2.94. The van der Waals surface area contributed by atoms with Crippen LogP contribution in [0.5, 0.6) is 0 Å². The van der Waals surface area contributed by atoms with Crippen molar-refractivity contribution in [3.63, 3.8) is 0 Å². The van der Waals surface area contributed by atoms with Crippen molar-refractivity contribution in [3.8, 4) is 6.07 Å². The van der Waals surface area contributed by atoms with Crippen LogP contribution in [0.4, 0.5) is 10.5 Å². The first kappa shape index (κ1) is 16.5. The lowest BCUT2D eigenvalue weighted by Crippen LogP contribution is -2.40. The summed E-state index contributed by atoms with van der Waals surface area (Å²) >= 11 is 0. The van der Waals surface area contributed by atoms with Crippen LogP contribution in [0.25, 0.3) is 0 Å². The van der Waals surface area contributed by atoms with Gasteiger partial charge in [-0.1, -0.05) is 0 Å². The molecule has 6 heteroatoms. The highest BCUT2D eigenvalue weighted by atomic mass is 16.4. The molecule has 0 saturated carbocycles. The van der Waals surface area contributed by atoms with E-state index in [1.165, 1.54) is 0 Å². The molecule has 0 spiro atoms. The van der Waals surface area contributed by atoms with Crippen molar-refractivity contribution in [2.75, 3.05) is 11.9 Å². The minimum Gasteiger partial charge on any atom is -0.481 e. The fourth-order valence-corrected chi connectivity index (χ4v) is 1.82. The second kappa shape index (κ2) is 7.90. The lowest BCUT2D eigenvalue weighted by molar-refractivity contribution is -0.137. The average molecular weight is 289 g/mol. The zero-order chi connectivity index (χ0) is 15.8. The van der Waals surface area contributed by atoms with Crippen LogP contribution in [0.2, 0.25) is 0 Å². The van der Waals surface area contributed by atoms with Gasteiger partial charge in [0, 0.05) is 24.7 Å². The molecule has 0 aliphatic heterocycles. The zero-order valence-electron chi connectivity index (χ0n) is 12.2. The summed E-state index contributed by atoms with van der Waals surface area (Å²) < 4.78 is 0. The number of hydrogen-bond acceptors (Lipinski definition) is 3. The zero-order valence-corrected chi connectivity index (χ0v) is 12.2. The Hall–Kier alpha value is -2.55. The largest absolute Gasteiger partial charge is 0.481 e.